The standard InChI is InChI=1S/C20H16F6N4O2S/c1-18(2,17(27)32)7-9-3-4-11(19(21,22)23)10(5-9)15-28-12(6-14(31)30-15)16-29-13(8-33-16)20(24,25)26/h3-6,8H,7H2,1-2H3,(H2,27,32)(H,28,30,31). The Morgan fingerprint density at radius 2 is 1.73 bits per heavy atom. The Balaban J connectivity index is 2.16. The van der Waals surface area contributed by atoms with Gasteiger partial charge in [0.15, 0.2) is 5.69 Å². The molecule has 0 saturated heterocycles. The lowest BCUT2D eigenvalue weighted by atomic mass is 9.84. The van der Waals surface area contributed by atoms with Gasteiger partial charge in [-0.3, -0.25) is 9.59 Å². The van der Waals surface area contributed by atoms with Crippen LogP contribution in [-0.2, 0) is 23.6 Å². The van der Waals surface area contributed by atoms with Crippen molar-refractivity contribution in [2.75, 3.05) is 0 Å². The van der Waals surface area contributed by atoms with E-state index in [1.165, 1.54) is 19.9 Å². The van der Waals surface area contributed by atoms with Crippen LogP contribution in [0.25, 0.3) is 22.1 Å². The van der Waals surface area contributed by atoms with Crippen LogP contribution in [0.15, 0.2) is 34.4 Å². The number of nitrogens with zero attached hydrogens (tertiary/aromatic N) is 2. The summed E-state index contributed by atoms with van der Waals surface area (Å²) >= 11 is 0.546. The number of amides is 1. The third kappa shape index (κ3) is 5.41. The van der Waals surface area contributed by atoms with Gasteiger partial charge in [-0.25, -0.2) is 9.97 Å². The Kier molecular flexibility index (Phi) is 6.13. The highest BCUT2D eigenvalue weighted by atomic mass is 32.1. The zero-order valence-electron chi connectivity index (χ0n) is 17.1. The largest absolute Gasteiger partial charge is 0.434 e. The molecule has 2 aromatic heterocycles. The zero-order chi connectivity index (χ0) is 24.8. The molecular formula is C20H16F6N4O2S. The van der Waals surface area contributed by atoms with Crippen LogP contribution in [0.4, 0.5) is 26.3 Å². The normalized spacial score (nSPS) is 12.7. The van der Waals surface area contributed by atoms with Crippen molar-refractivity contribution in [3.8, 4) is 22.1 Å². The van der Waals surface area contributed by atoms with E-state index in [-0.39, 0.29) is 17.1 Å². The molecule has 3 N–H and O–H groups in total. The highest BCUT2D eigenvalue weighted by Gasteiger charge is 2.36. The minimum atomic E-state index is -4.83. The molecule has 6 nitrogen and oxygen atoms in total. The third-order valence-corrected chi connectivity index (χ3v) is 5.58. The molecule has 0 aliphatic heterocycles. The number of nitrogens with one attached hydrogen (secondary N) is 1. The van der Waals surface area contributed by atoms with Crippen LogP contribution >= 0.6 is 11.3 Å². The van der Waals surface area contributed by atoms with Gasteiger partial charge in [-0.15, -0.1) is 11.3 Å². The van der Waals surface area contributed by atoms with Crippen molar-refractivity contribution in [1.82, 2.24) is 15.0 Å². The lowest BCUT2D eigenvalue weighted by Crippen LogP contribution is -2.33. The number of aromatic amines is 1. The van der Waals surface area contributed by atoms with Crippen LogP contribution in [0, 0.1) is 5.41 Å². The second-order valence-electron chi connectivity index (χ2n) is 7.82. The number of carbonyl (C=O) groups is 1. The summed E-state index contributed by atoms with van der Waals surface area (Å²) in [6.07, 6.45) is -9.56. The van der Waals surface area contributed by atoms with E-state index in [0.29, 0.717) is 22.3 Å². The molecule has 1 aromatic carbocycles. The van der Waals surface area contributed by atoms with Gasteiger partial charge in [0, 0.05) is 22.4 Å². The fraction of sp³-hybridized carbons (Fsp3) is 0.300. The molecule has 33 heavy (non-hydrogen) atoms. The maximum absolute atomic E-state index is 13.7. The molecule has 0 spiro atoms. The molecule has 0 aliphatic rings. The Labute approximate surface area is 186 Å². The lowest BCUT2D eigenvalue weighted by Gasteiger charge is -2.21. The van der Waals surface area contributed by atoms with Crippen molar-refractivity contribution in [2.45, 2.75) is 32.6 Å². The topological polar surface area (TPSA) is 102 Å². The summed E-state index contributed by atoms with van der Waals surface area (Å²) in [5.74, 6) is -1.17. The van der Waals surface area contributed by atoms with Gasteiger partial charge in [-0.2, -0.15) is 26.3 Å². The van der Waals surface area contributed by atoms with Gasteiger partial charge >= 0.3 is 12.4 Å². The Bertz CT molecular complexity index is 1260. The van der Waals surface area contributed by atoms with Gasteiger partial charge in [0.2, 0.25) is 5.91 Å². The molecule has 3 rings (SSSR count). The van der Waals surface area contributed by atoms with E-state index in [9.17, 15) is 35.9 Å². The Morgan fingerprint density at radius 1 is 1.06 bits per heavy atom. The second kappa shape index (κ2) is 8.28. The average molecular weight is 490 g/mol. The number of aromatic nitrogens is 3. The van der Waals surface area contributed by atoms with Crippen molar-refractivity contribution >= 4 is 17.2 Å². The van der Waals surface area contributed by atoms with Crippen LogP contribution in [0.5, 0.6) is 0 Å². The summed E-state index contributed by atoms with van der Waals surface area (Å²) in [6, 6.07) is 3.91. The van der Waals surface area contributed by atoms with Gasteiger partial charge < -0.3 is 10.7 Å². The fourth-order valence-electron chi connectivity index (χ4n) is 2.96. The summed E-state index contributed by atoms with van der Waals surface area (Å²) < 4.78 is 79.6. The van der Waals surface area contributed by atoms with Crippen LogP contribution in [0.2, 0.25) is 0 Å². The second-order valence-corrected chi connectivity index (χ2v) is 8.68. The minimum Gasteiger partial charge on any atom is -0.369 e. The monoisotopic (exact) mass is 490 g/mol. The number of alkyl halides is 6. The number of benzene rings is 1. The first-order valence-electron chi connectivity index (χ1n) is 9.23. The van der Waals surface area contributed by atoms with Gasteiger partial charge in [-0.1, -0.05) is 19.9 Å². The van der Waals surface area contributed by atoms with Gasteiger partial charge in [0.25, 0.3) is 5.56 Å². The number of primary amides is 1. The molecule has 0 fully saturated rings. The molecule has 176 valence electrons. The van der Waals surface area contributed by atoms with E-state index in [4.69, 9.17) is 5.73 Å². The lowest BCUT2D eigenvalue weighted by molar-refractivity contribution is -0.140. The van der Waals surface area contributed by atoms with Crippen LogP contribution in [0.3, 0.4) is 0 Å². The number of hydrogen-bond acceptors (Lipinski definition) is 5. The number of rotatable bonds is 5. The van der Waals surface area contributed by atoms with E-state index in [2.05, 4.69) is 15.0 Å². The number of carbonyl (C=O) groups excluding carboxylic acids is 1. The van der Waals surface area contributed by atoms with E-state index < -0.39 is 51.9 Å². The molecule has 0 radical (unpaired) electrons. The molecule has 1 amide bonds. The number of hydrogen-bond donors (Lipinski definition) is 2. The van der Waals surface area contributed by atoms with Crippen LogP contribution in [-0.4, -0.2) is 20.9 Å². The van der Waals surface area contributed by atoms with Gasteiger partial charge in [-0.05, 0) is 24.1 Å². The van der Waals surface area contributed by atoms with Crippen LogP contribution < -0.4 is 11.3 Å². The summed E-state index contributed by atoms with van der Waals surface area (Å²) in [5, 5.41) is 0.431. The Hall–Kier alpha value is -3.22. The third-order valence-electron chi connectivity index (χ3n) is 4.71. The smallest absolute Gasteiger partial charge is 0.369 e. The van der Waals surface area contributed by atoms with Crippen molar-refractivity contribution in [1.29, 1.82) is 0 Å². The van der Waals surface area contributed by atoms with Gasteiger partial charge in [0.05, 0.1) is 5.56 Å². The number of thiazole rings is 1. The summed E-state index contributed by atoms with van der Waals surface area (Å²) in [6.45, 7) is 3.04. The molecule has 13 heteroatoms. The van der Waals surface area contributed by atoms with Crippen LogP contribution in [0.1, 0.15) is 30.7 Å². The first-order chi connectivity index (χ1) is 15.1. The van der Waals surface area contributed by atoms with Crippen molar-refractivity contribution < 1.29 is 31.1 Å². The maximum Gasteiger partial charge on any atom is 0.434 e. The van der Waals surface area contributed by atoms with Gasteiger partial charge in [0.1, 0.15) is 16.5 Å². The average Bonchev–Trinajstić information content (AvgIpc) is 3.17. The number of nitrogens with two attached hydrogens (primary N) is 1. The van der Waals surface area contributed by atoms with Crippen molar-refractivity contribution in [2.24, 2.45) is 11.1 Å². The fourth-order valence-corrected chi connectivity index (χ4v) is 3.74. The highest BCUT2D eigenvalue weighted by Crippen LogP contribution is 2.38. The summed E-state index contributed by atoms with van der Waals surface area (Å²) in [4.78, 5) is 33.3. The van der Waals surface area contributed by atoms with E-state index in [0.717, 1.165) is 18.2 Å². The van der Waals surface area contributed by atoms with Crippen molar-refractivity contribution in [3.63, 3.8) is 0 Å². The maximum atomic E-state index is 13.7. The van der Waals surface area contributed by atoms with E-state index in [1.54, 1.807) is 0 Å². The molecule has 0 bridgehead atoms. The quantitative estimate of drug-likeness (QED) is 0.509. The number of halogens is 6. The molecule has 3 aromatic rings. The molecular weight excluding hydrogens is 474 g/mol. The number of H-pyrrole nitrogens is 1. The SMILES string of the molecule is CC(C)(Cc1ccc(C(F)(F)F)c(-c2nc(-c3nc(C(F)(F)F)cs3)cc(=O)[nH]2)c1)C(N)=O. The van der Waals surface area contributed by atoms with E-state index in [1.807, 2.05) is 0 Å². The molecule has 0 unspecified atom stereocenters. The predicted octanol–water partition coefficient (Wildman–Crippen LogP) is 4.65. The summed E-state index contributed by atoms with van der Waals surface area (Å²) in [7, 11) is 0. The molecule has 0 atom stereocenters. The first-order valence-corrected chi connectivity index (χ1v) is 10.1. The van der Waals surface area contributed by atoms with E-state index >= 15 is 0 Å². The molecule has 0 aliphatic carbocycles. The summed E-state index contributed by atoms with van der Waals surface area (Å²) in [5.41, 5.74) is 0.534. The predicted molar refractivity (Wildman–Crippen MR) is 108 cm³/mol. The van der Waals surface area contributed by atoms with Crippen molar-refractivity contribution in [3.05, 3.63) is 56.8 Å². The molecule has 0 saturated carbocycles. The highest BCUT2D eigenvalue weighted by molar-refractivity contribution is 7.13. The first kappa shape index (κ1) is 24.4. The Morgan fingerprint density at radius 3 is 2.27 bits per heavy atom. The zero-order valence-corrected chi connectivity index (χ0v) is 17.9. The molecule has 2 heterocycles. The minimum absolute atomic E-state index is 0.00117.